The smallest absolute Gasteiger partial charge is 0.309 e. The number of carbonyl (C=O) groups excluding carboxylic acids is 3. The highest BCUT2D eigenvalue weighted by Gasteiger charge is 2.70. The molecule has 42 heavy (non-hydrogen) atoms. The zero-order chi connectivity index (χ0) is 31.1. The first kappa shape index (κ1) is 31.3. The van der Waals surface area contributed by atoms with E-state index >= 15 is 0 Å². The Hall–Kier alpha value is -2.18. The first-order chi connectivity index (χ1) is 19.4. The second-order valence-electron chi connectivity index (χ2n) is 16.5. The van der Waals surface area contributed by atoms with Gasteiger partial charge in [0.15, 0.2) is 5.78 Å². The summed E-state index contributed by atoms with van der Waals surface area (Å²) in [4.78, 5) is 51.1. The lowest BCUT2D eigenvalue weighted by Gasteiger charge is -2.70. The van der Waals surface area contributed by atoms with Crippen LogP contribution < -0.4 is 0 Å². The Balaban J connectivity index is 1.46. The van der Waals surface area contributed by atoms with Crippen LogP contribution in [-0.4, -0.2) is 42.0 Å². The van der Waals surface area contributed by atoms with Crippen LogP contribution in [0.3, 0.4) is 0 Å². The first-order valence-electron chi connectivity index (χ1n) is 16.1. The van der Waals surface area contributed by atoms with Crippen LogP contribution in [0.2, 0.25) is 0 Å². The lowest BCUT2D eigenvalue weighted by atomic mass is 9.33. The van der Waals surface area contributed by atoms with Crippen molar-refractivity contribution in [2.45, 2.75) is 125 Å². The van der Waals surface area contributed by atoms with Crippen molar-refractivity contribution in [1.82, 2.24) is 0 Å². The molecular formula is C35H52O7. The molecular weight excluding hydrogens is 532 g/mol. The summed E-state index contributed by atoms with van der Waals surface area (Å²) in [5, 5.41) is 10.1. The van der Waals surface area contributed by atoms with Crippen LogP contribution >= 0.6 is 0 Å². The van der Waals surface area contributed by atoms with Crippen LogP contribution in [0.15, 0.2) is 11.6 Å². The molecule has 0 radical (unpaired) electrons. The van der Waals surface area contributed by atoms with Crippen molar-refractivity contribution in [3.05, 3.63) is 11.6 Å². The average molecular weight is 585 g/mol. The second-order valence-corrected chi connectivity index (χ2v) is 16.5. The lowest BCUT2D eigenvalue weighted by molar-refractivity contribution is -0.211. The van der Waals surface area contributed by atoms with E-state index in [4.69, 9.17) is 4.74 Å². The third-order valence-electron chi connectivity index (χ3n) is 14.1. The fourth-order valence-electron chi connectivity index (χ4n) is 11.1. The monoisotopic (exact) mass is 584 g/mol. The number of ketones is 1. The number of methoxy groups -OCH3 is 1. The van der Waals surface area contributed by atoms with Gasteiger partial charge >= 0.3 is 17.9 Å². The van der Waals surface area contributed by atoms with Gasteiger partial charge in [0.1, 0.15) is 6.10 Å². The Morgan fingerprint density at radius 3 is 2.17 bits per heavy atom. The minimum atomic E-state index is -0.760. The molecule has 0 spiro atoms. The van der Waals surface area contributed by atoms with Crippen molar-refractivity contribution in [3.8, 4) is 0 Å². The van der Waals surface area contributed by atoms with Crippen molar-refractivity contribution < 1.29 is 33.8 Å². The number of carboxylic acid groups (broad SMARTS) is 1. The van der Waals surface area contributed by atoms with Gasteiger partial charge in [-0.05, 0) is 104 Å². The predicted octanol–water partition coefficient (Wildman–Crippen LogP) is 6.92. The molecule has 0 aromatic rings. The normalized spacial score (nSPS) is 45.7. The third-order valence-corrected chi connectivity index (χ3v) is 14.1. The quantitative estimate of drug-likeness (QED) is 0.350. The van der Waals surface area contributed by atoms with E-state index in [2.05, 4.69) is 46.3 Å². The number of allylic oxidation sites excluding steroid dienone is 2. The molecule has 0 aromatic heterocycles. The molecule has 0 amide bonds. The van der Waals surface area contributed by atoms with Crippen LogP contribution in [0.25, 0.3) is 0 Å². The van der Waals surface area contributed by atoms with Gasteiger partial charge < -0.3 is 14.6 Å². The SMILES string of the molecule is COC(=O)CCC(=O)O[C@H]1CC[C@]2(C)[C@H]3C(=O)C=C4[C@@H]5C[C@@](C)(C(=O)O)CC[C@]5(C)CC[C@@]4(C)[C@]3(C)CC[C@H]2C1(C)C. The Labute approximate surface area is 251 Å². The summed E-state index contributed by atoms with van der Waals surface area (Å²) < 4.78 is 10.7. The summed E-state index contributed by atoms with van der Waals surface area (Å²) >= 11 is 0. The molecule has 0 bridgehead atoms. The number of hydrogen-bond acceptors (Lipinski definition) is 6. The maximum Gasteiger partial charge on any atom is 0.309 e. The number of carbonyl (C=O) groups is 4. The fraction of sp³-hybridized carbons (Fsp3) is 0.829. The van der Waals surface area contributed by atoms with E-state index in [1.807, 2.05) is 13.0 Å². The summed E-state index contributed by atoms with van der Waals surface area (Å²) in [5.74, 6) is -1.12. The van der Waals surface area contributed by atoms with E-state index in [1.165, 1.54) is 12.7 Å². The third kappa shape index (κ3) is 4.33. The summed E-state index contributed by atoms with van der Waals surface area (Å²) in [5.41, 5.74) is -0.455. The standard InChI is InChI=1S/C35H52O7/c1-30(2)24-11-14-35(7)28(33(24,5)13-12-25(30)42-27(38)10-9-26(37)41-8)23(36)19-21-22-20-32(4,29(39)40)16-15-31(22,3)17-18-34(21,35)6/h19,22,24-25,28H,9-18,20H2,1-8H3,(H,39,40)/t22-,24-,25-,28+,31+,32-,33-,34+,35+/m0/s1. The first-order valence-corrected chi connectivity index (χ1v) is 16.1. The molecule has 9 atom stereocenters. The maximum absolute atomic E-state index is 14.5. The van der Waals surface area contributed by atoms with E-state index in [0.717, 1.165) is 38.5 Å². The van der Waals surface area contributed by atoms with Gasteiger partial charge in [0.2, 0.25) is 0 Å². The van der Waals surface area contributed by atoms with Crippen LogP contribution in [0.1, 0.15) is 119 Å². The molecule has 1 N–H and O–H groups in total. The number of esters is 2. The van der Waals surface area contributed by atoms with Crippen LogP contribution in [-0.2, 0) is 28.7 Å². The number of aliphatic carboxylic acids is 1. The van der Waals surface area contributed by atoms with Crippen LogP contribution in [0, 0.1) is 50.2 Å². The van der Waals surface area contributed by atoms with Crippen molar-refractivity contribution in [2.75, 3.05) is 7.11 Å². The van der Waals surface area contributed by atoms with Crippen molar-refractivity contribution >= 4 is 23.7 Å². The van der Waals surface area contributed by atoms with E-state index < -0.39 is 17.4 Å². The Bertz CT molecular complexity index is 1220. The Morgan fingerprint density at radius 2 is 1.52 bits per heavy atom. The molecule has 0 unspecified atom stereocenters. The van der Waals surface area contributed by atoms with Gasteiger partial charge in [0.05, 0.1) is 25.4 Å². The van der Waals surface area contributed by atoms with E-state index in [9.17, 15) is 24.3 Å². The highest BCUT2D eigenvalue weighted by Crippen LogP contribution is 2.75. The minimum absolute atomic E-state index is 0.00725. The zero-order valence-electron chi connectivity index (χ0n) is 27.1. The number of fused-ring (bicyclic) bond motifs is 7. The van der Waals surface area contributed by atoms with Gasteiger partial charge in [-0.15, -0.1) is 0 Å². The number of hydrogen-bond donors (Lipinski definition) is 1. The molecule has 0 aliphatic heterocycles. The van der Waals surface area contributed by atoms with Crippen molar-refractivity contribution in [3.63, 3.8) is 0 Å². The largest absolute Gasteiger partial charge is 0.481 e. The van der Waals surface area contributed by atoms with Crippen molar-refractivity contribution in [2.24, 2.45) is 50.2 Å². The molecule has 7 heteroatoms. The van der Waals surface area contributed by atoms with Gasteiger partial charge in [-0.1, -0.05) is 47.1 Å². The molecule has 0 aromatic carbocycles. The summed E-state index contributed by atoms with van der Waals surface area (Å²) in [6.45, 7) is 15.6. The van der Waals surface area contributed by atoms with E-state index in [-0.39, 0.29) is 75.5 Å². The molecule has 4 saturated carbocycles. The number of ether oxygens (including phenoxy) is 2. The Kier molecular flexibility index (Phi) is 7.38. The molecule has 5 aliphatic carbocycles. The lowest BCUT2D eigenvalue weighted by Crippen LogP contribution is -2.66. The van der Waals surface area contributed by atoms with E-state index in [1.54, 1.807) is 0 Å². The zero-order valence-corrected chi connectivity index (χ0v) is 27.1. The fourth-order valence-corrected chi connectivity index (χ4v) is 11.1. The van der Waals surface area contributed by atoms with Gasteiger partial charge in [-0.2, -0.15) is 0 Å². The molecule has 5 aliphatic rings. The molecule has 0 heterocycles. The van der Waals surface area contributed by atoms with Crippen molar-refractivity contribution in [1.29, 1.82) is 0 Å². The number of rotatable bonds is 5. The van der Waals surface area contributed by atoms with Gasteiger partial charge in [-0.3, -0.25) is 19.2 Å². The topological polar surface area (TPSA) is 107 Å². The maximum atomic E-state index is 14.5. The molecule has 4 fully saturated rings. The van der Waals surface area contributed by atoms with Crippen LogP contribution in [0.5, 0.6) is 0 Å². The van der Waals surface area contributed by atoms with Gasteiger partial charge in [0.25, 0.3) is 0 Å². The molecule has 7 nitrogen and oxygen atoms in total. The molecule has 234 valence electrons. The highest BCUT2D eigenvalue weighted by atomic mass is 16.5. The summed E-state index contributed by atoms with van der Waals surface area (Å²) in [6.07, 6.45) is 9.38. The molecule has 5 rings (SSSR count). The average Bonchev–Trinajstić information content (AvgIpc) is 2.91. The highest BCUT2D eigenvalue weighted by molar-refractivity contribution is 5.95. The summed E-state index contributed by atoms with van der Waals surface area (Å²) in [7, 11) is 1.31. The Morgan fingerprint density at radius 1 is 0.881 bits per heavy atom. The predicted molar refractivity (Wildman–Crippen MR) is 158 cm³/mol. The minimum Gasteiger partial charge on any atom is -0.481 e. The van der Waals surface area contributed by atoms with Crippen LogP contribution in [0.4, 0.5) is 0 Å². The van der Waals surface area contributed by atoms with E-state index in [0.29, 0.717) is 19.3 Å². The second kappa shape index (κ2) is 9.92. The van der Waals surface area contributed by atoms with Gasteiger partial charge in [0, 0.05) is 11.3 Å². The molecule has 0 saturated heterocycles. The number of carboxylic acids is 1. The van der Waals surface area contributed by atoms with Gasteiger partial charge in [-0.25, -0.2) is 0 Å². The summed E-state index contributed by atoms with van der Waals surface area (Å²) in [6, 6.07) is 0.